The van der Waals surface area contributed by atoms with E-state index in [-0.39, 0.29) is 5.60 Å². The van der Waals surface area contributed by atoms with E-state index in [9.17, 15) is 0 Å². The van der Waals surface area contributed by atoms with Crippen molar-refractivity contribution in [2.75, 3.05) is 32.8 Å². The highest BCUT2D eigenvalue weighted by Gasteiger charge is 2.45. The van der Waals surface area contributed by atoms with Crippen LogP contribution in [-0.4, -0.2) is 49.3 Å². The van der Waals surface area contributed by atoms with Crippen molar-refractivity contribution in [3.8, 4) is 0 Å². The Kier molecular flexibility index (Phi) is 4.68. The van der Waals surface area contributed by atoms with Gasteiger partial charge in [-0.15, -0.1) is 0 Å². The highest BCUT2D eigenvalue weighted by atomic mass is 16.5. The summed E-state index contributed by atoms with van der Waals surface area (Å²) in [6, 6.07) is 0.535. The minimum Gasteiger partial charge on any atom is -0.372 e. The number of ether oxygens (including phenoxy) is 1. The Morgan fingerprint density at radius 3 is 2.44 bits per heavy atom. The van der Waals surface area contributed by atoms with E-state index in [1.54, 1.807) is 0 Å². The number of hydrogen-bond acceptors (Lipinski definition) is 3. The van der Waals surface area contributed by atoms with Crippen LogP contribution in [-0.2, 0) is 4.74 Å². The van der Waals surface area contributed by atoms with E-state index in [1.165, 1.54) is 32.5 Å². The molecule has 0 saturated carbocycles. The largest absolute Gasteiger partial charge is 0.372 e. The molecule has 2 heterocycles. The van der Waals surface area contributed by atoms with Gasteiger partial charge in [-0.3, -0.25) is 0 Å². The van der Waals surface area contributed by atoms with Crippen LogP contribution >= 0.6 is 0 Å². The predicted molar refractivity (Wildman–Crippen MR) is 75.8 cm³/mol. The molecule has 0 radical (unpaired) electrons. The molecule has 1 unspecified atom stereocenters. The van der Waals surface area contributed by atoms with E-state index in [0.29, 0.717) is 12.0 Å². The van der Waals surface area contributed by atoms with Crippen LogP contribution in [0.1, 0.15) is 40.5 Å². The average Bonchev–Trinajstić information content (AvgIpc) is 2.32. The minimum absolute atomic E-state index is 0.111. The molecule has 1 N–H and O–H groups in total. The highest BCUT2D eigenvalue weighted by Crippen LogP contribution is 2.35. The molecule has 1 atom stereocenters. The van der Waals surface area contributed by atoms with Crippen molar-refractivity contribution in [3.63, 3.8) is 0 Å². The number of nitrogens with zero attached hydrogens (tertiary/aromatic N) is 1. The monoisotopic (exact) mass is 254 g/mol. The van der Waals surface area contributed by atoms with Gasteiger partial charge in [-0.05, 0) is 24.7 Å². The third-order valence-electron chi connectivity index (χ3n) is 4.42. The lowest BCUT2D eigenvalue weighted by molar-refractivity contribution is -0.137. The van der Waals surface area contributed by atoms with Crippen LogP contribution in [0.5, 0.6) is 0 Å². The molecule has 0 aromatic heterocycles. The normalized spacial score (nSPS) is 29.3. The molecule has 0 aromatic carbocycles. The van der Waals surface area contributed by atoms with Crippen LogP contribution in [0.4, 0.5) is 0 Å². The van der Waals surface area contributed by atoms with Gasteiger partial charge in [-0.25, -0.2) is 0 Å². The predicted octanol–water partition coefficient (Wildman–Crippen LogP) is 2.12. The fourth-order valence-electron chi connectivity index (χ4n) is 3.67. The van der Waals surface area contributed by atoms with Crippen LogP contribution in [0.25, 0.3) is 0 Å². The van der Waals surface area contributed by atoms with E-state index >= 15 is 0 Å². The molecule has 0 bridgehead atoms. The molecule has 0 amide bonds. The first kappa shape index (κ1) is 14.3. The second kappa shape index (κ2) is 5.89. The number of piperidine rings is 1. The van der Waals surface area contributed by atoms with Gasteiger partial charge in [0.05, 0.1) is 12.2 Å². The van der Waals surface area contributed by atoms with Gasteiger partial charge < -0.3 is 15.0 Å². The first-order valence-electron chi connectivity index (χ1n) is 7.63. The Bertz CT molecular complexity index is 257. The Morgan fingerprint density at radius 2 is 1.89 bits per heavy atom. The van der Waals surface area contributed by atoms with Crippen molar-refractivity contribution in [3.05, 3.63) is 0 Å². The zero-order valence-electron chi connectivity index (χ0n) is 12.5. The molecule has 0 aromatic rings. The summed E-state index contributed by atoms with van der Waals surface area (Å²) in [5, 5.41) is 3.69. The Hall–Kier alpha value is -0.120. The van der Waals surface area contributed by atoms with Gasteiger partial charge in [-0.2, -0.15) is 0 Å². The maximum Gasteiger partial charge on any atom is 0.0862 e. The molecule has 0 aliphatic carbocycles. The molecule has 2 rings (SSSR count). The lowest BCUT2D eigenvalue weighted by Gasteiger charge is -2.50. The van der Waals surface area contributed by atoms with E-state index in [2.05, 4.69) is 37.9 Å². The highest BCUT2D eigenvalue weighted by molar-refractivity contribution is 5.00. The summed E-state index contributed by atoms with van der Waals surface area (Å²) in [5.41, 5.74) is 0.111. The summed E-state index contributed by atoms with van der Waals surface area (Å²) >= 11 is 0. The van der Waals surface area contributed by atoms with Gasteiger partial charge in [-0.1, -0.05) is 27.7 Å². The fourth-order valence-corrected chi connectivity index (χ4v) is 3.67. The number of hydrogen-bond donors (Lipinski definition) is 1. The van der Waals surface area contributed by atoms with Crippen LogP contribution < -0.4 is 5.32 Å². The van der Waals surface area contributed by atoms with E-state index in [0.717, 1.165) is 19.1 Å². The molecular formula is C15H30N2O. The van der Waals surface area contributed by atoms with E-state index in [1.807, 2.05) is 0 Å². The van der Waals surface area contributed by atoms with Crippen LogP contribution in [0.3, 0.4) is 0 Å². The zero-order valence-corrected chi connectivity index (χ0v) is 12.5. The standard InChI is InChI=1S/C15H30N2O/c1-12(2)11-17-8-5-15(6-9-17)14(13(3)4)16-7-10-18-15/h12-14,16H,5-11H2,1-4H3. The van der Waals surface area contributed by atoms with Crippen molar-refractivity contribution >= 4 is 0 Å². The maximum absolute atomic E-state index is 6.24. The summed E-state index contributed by atoms with van der Waals surface area (Å²) in [4.78, 5) is 2.60. The van der Waals surface area contributed by atoms with Gasteiger partial charge in [0.2, 0.25) is 0 Å². The van der Waals surface area contributed by atoms with Gasteiger partial charge in [0.1, 0.15) is 0 Å². The molecule has 2 saturated heterocycles. The van der Waals surface area contributed by atoms with Gasteiger partial charge in [0, 0.05) is 32.2 Å². The molecule has 3 heteroatoms. The summed E-state index contributed by atoms with van der Waals surface area (Å²) in [7, 11) is 0. The molecule has 106 valence electrons. The molecule has 1 spiro atoms. The average molecular weight is 254 g/mol. The molecule has 2 aliphatic rings. The maximum atomic E-state index is 6.24. The number of rotatable bonds is 3. The van der Waals surface area contributed by atoms with Gasteiger partial charge >= 0.3 is 0 Å². The fraction of sp³-hybridized carbons (Fsp3) is 1.00. The molecule has 3 nitrogen and oxygen atoms in total. The van der Waals surface area contributed by atoms with E-state index in [4.69, 9.17) is 4.74 Å². The van der Waals surface area contributed by atoms with Crippen LogP contribution in [0.2, 0.25) is 0 Å². The smallest absolute Gasteiger partial charge is 0.0862 e. The molecule has 2 fully saturated rings. The third-order valence-corrected chi connectivity index (χ3v) is 4.42. The summed E-state index contributed by atoms with van der Waals surface area (Å²) in [6.07, 6.45) is 2.38. The SMILES string of the molecule is CC(C)CN1CCC2(CC1)OCCNC2C(C)C. The van der Waals surface area contributed by atoms with Crippen LogP contribution in [0, 0.1) is 11.8 Å². The van der Waals surface area contributed by atoms with Crippen molar-refractivity contribution < 1.29 is 4.74 Å². The summed E-state index contributed by atoms with van der Waals surface area (Å²) < 4.78 is 6.24. The summed E-state index contributed by atoms with van der Waals surface area (Å²) in [6.45, 7) is 14.8. The summed E-state index contributed by atoms with van der Waals surface area (Å²) in [5.74, 6) is 1.42. The second-order valence-corrected chi connectivity index (χ2v) is 6.78. The van der Waals surface area contributed by atoms with E-state index < -0.39 is 0 Å². The molecular weight excluding hydrogens is 224 g/mol. The minimum atomic E-state index is 0.111. The van der Waals surface area contributed by atoms with Crippen LogP contribution in [0.15, 0.2) is 0 Å². The van der Waals surface area contributed by atoms with Crippen molar-refractivity contribution in [1.82, 2.24) is 10.2 Å². The Labute approximate surface area is 112 Å². The Balaban J connectivity index is 1.96. The first-order valence-corrected chi connectivity index (χ1v) is 7.63. The lowest BCUT2D eigenvalue weighted by Crippen LogP contribution is -2.63. The third kappa shape index (κ3) is 3.06. The topological polar surface area (TPSA) is 24.5 Å². The molecule has 2 aliphatic heterocycles. The van der Waals surface area contributed by atoms with Crippen molar-refractivity contribution in [1.29, 1.82) is 0 Å². The lowest BCUT2D eigenvalue weighted by atomic mass is 9.78. The van der Waals surface area contributed by atoms with Gasteiger partial charge in [0.25, 0.3) is 0 Å². The number of morpholine rings is 1. The zero-order chi connectivity index (χ0) is 13.2. The van der Waals surface area contributed by atoms with Gasteiger partial charge in [0.15, 0.2) is 0 Å². The Morgan fingerprint density at radius 1 is 1.22 bits per heavy atom. The van der Waals surface area contributed by atoms with Crippen molar-refractivity contribution in [2.45, 2.75) is 52.2 Å². The number of likely N-dealkylation sites (tertiary alicyclic amines) is 1. The number of nitrogens with one attached hydrogen (secondary N) is 1. The quantitative estimate of drug-likeness (QED) is 0.835. The molecule has 18 heavy (non-hydrogen) atoms. The first-order chi connectivity index (χ1) is 8.53. The van der Waals surface area contributed by atoms with Crippen molar-refractivity contribution in [2.24, 2.45) is 11.8 Å². The second-order valence-electron chi connectivity index (χ2n) is 6.78.